The van der Waals surface area contributed by atoms with Crippen LogP contribution in [0, 0.1) is 4.91 Å². The lowest BCUT2D eigenvalue weighted by Gasteiger charge is -2.09. The average molecular weight is 377 g/mol. The molecule has 1 N–H and O–H groups in total. The summed E-state index contributed by atoms with van der Waals surface area (Å²) >= 11 is 0. The molecule has 1 heterocycles. The van der Waals surface area contributed by atoms with Gasteiger partial charge in [-0.1, -0.05) is 0 Å². The monoisotopic (exact) mass is 377 g/mol. The molecule has 0 aliphatic carbocycles. The third kappa shape index (κ3) is 4.66. The number of nitroso groups, excluding NO2 is 1. The van der Waals surface area contributed by atoms with Crippen LogP contribution in [0.4, 0.5) is 24.8 Å². The third-order valence-electron chi connectivity index (χ3n) is 3.29. The number of hydrogen-bond donors (Lipinski definition) is 1. The molecule has 11 heteroatoms. The fraction of sp³-hybridized carbons (Fsp3) is 0.0625. The summed E-state index contributed by atoms with van der Waals surface area (Å²) in [5.41, 5.74) is 0.873. The number of nitrogens with one attached hydrogen (secondary N) is 1. The number of halogens is 3. The molecule has 0 atom stereocenters. The molecule has 0 bridgehead atoms. The highest BCUT2D eigenvalue weighted by molar-refractivity contribution is 6.03. The maximum Gasteiger partial charge on any atom is 0.573 e. The molecule has 3 rings (SSSR count). The first-order valence-electron chi connectivity index (χ1n) is 7.37. The summed E-state index contributed by atoms with van der Waals surface area (Å²) in [6.07, 6.45) is -3.49. The van der Waals surface area contributed by atoms with Gasteiger partial charge in [-0.3, -0.25) is 10.1 Å². The first-order valence-corrected chi connectivity index (χ1v) is 7.37. The van der Waals surface area contributed by atoms with Gasteiger partial charge < -0.3 is 4.74 Å². The molecule has 27 heavy (non-hydrogen) atoms. The van der Waals surface area contributed by atoms with Crippen LogP contribution in [0.5, 0.6) is 5.75 Å². The van der Waals surface area contributed by atoms with E-state index >= 15 is 0 Å². The zero-order valence-electron chi connectivity index (χ0n) is 13.3. The van der Waals surface area contributed by atoms with Gasteiger partial charge in [-0.15, -0.1) is 23.2 Å². The molecular weight excluding hydrogens is 367 g/mol. The van der Waals surface area contributed by atoms with Crippen LogP contribution in [0.1, 0.15) is 10.4 Å². The summed E-state index contributed by atoms with van der Waals surface area (Å²) in [4.78, 5) is 26.4. The van der Waals surface area contributed by atoms with Crippen molar-refractivity contribution in [1.82, 2.24) is 14.8 Å². The number of amides is 1. The Hall–Kier alpha value is -3.76. The van der Waals surface area contributed by atoms with Gasteiger partial charge in [0.25, 0.3) is 5.91 Å². The van der Waals surface area contributed by atoms with Crippen molar-refractivity contribution in [2.75, 3.05) is 5.32 Å². The summed E-state index contributed by atoms with van der Waals surface area (Å²) in [5, 5.41) is 9.23. The highest BCUT2D eigenvalue weighted by Gasteiger charge is 2.31. The Balaban J connectivity index is 1.68. The van der Waals surface area contributed by atoms with Crippen molar-refractivity contribution in [2.24, 2.45) is 5.18 Å². The van der Waals surface area contributed by atoms with Crippen molar-refractivity contribution in [1.29, 1.82) is 0 Å². The molecule has 8 nitrogen and oxygen atoms in total. The van der Waals surface area contributed by atoms with Gasteiger partial charge in [0, 0.05) is 5.56 Å². The third-order valence-corrected chi connectivity index (χ3v) is 3.29. The molecule has 0 spiro atoms. The minimum absolute atomic E-state index is 0.00629. The molecule has 0 unspecified atom stereocenters. The normalized spacial score (nSPS) is 11.1. The molecule has 0 aliphatic rings. The van der Waals surface area contributed by atoms with Crippen LogP contribution in [-0.4, -0.2) is 27.0 Å². The Bertz CT molecular complexity index is 953. The van der Waals surface area contributed by atoms with E-state index in [4.69, 9.17) is 0 Å². The number of alkyl halides is 3. The number of anilines is 1. The predicted molar refractivity (Wildman–Crippen MR) is 87.9 cm³/mol. The fourth-order valence-electron chi connectivity index (χ4n) is 2.09. The molecular formula is C16H10F3N5O3. The van der Waals surface area contributed by atoms with Gasteiger partial charge in [0.15, 0.2) is 0 Å². The second-order valence-electron chi connectivity index (χ2n) is 5.15. The molecule has 0 saturated heterocycles. The Morgan fingerprint density at radius 3 is 2.33 bits per heavy atom. The van der Waals surface area contributed by atoms with Crippen molar-refractivity contribution in [3.8, 4) is 11.4 Å². The van der Waals surface area contributed by atoms with E-state index in [0.717, 1.165) is 12.1 Å². The molecule has 0 saturated carbocycles. The van der Waals surface area contributed by atoms with E-state index in [1.54, 1.807) is 0 Å². The fourth-order valence-corrected chi connectivity index (χ4v) is 2.09. The Kier molecular flexibility index (Phi) is 4.83. The summed E-state index contributed by atoms with van der Waals surface area (Å²) in [5.74, 6) is -0.875. The summed E-state index contributed by atoms with van der Waals surface area (Å²) < 4.78 is 41.5. The van der Waals surface area contributed by atoms with Crippen molar-refractivity contribution in [3.05, 3.63) is 65.3 Å². The van der Waals surface area contributed by atoms with E-state index in [-0.39, 0.29) is 22.9 Å². The van der Waals surface area contributed by atoms with E-state index in [2.05, 4.69) is 25.3 Å². The van der Waals surface area contributed by atoms with Crippen molar-refractivity contribution < 1.29 is 22.7 Å². The predicted octanol–water partition coefficient (Wildman–Crippen LogP) is 3.82. The van der Waals surface area contributed by atoms with Crippen LogP contribution in [0.3, 0.4) is 0 Å². The van der Waals surface area contributed by atoms with Gasteiger partial charge >= 0.3 is 6.36 Å². The first-order chi connectivity index (χ1) is 12.8. The van der Waals surface area contributed by atoms with Crippen LogP contribution < -0.4 is 10.1 Å². The topological polar surface area (TPSA) is 98.5 Å². The highest BCUT2D eigenvalue weighted by Crippen LogP contribution is 2.23. The number of nitrogens with zero attached hydrogens (tertiary/aromatic N) is 4. The average Bonchev–Trinajstić information content (AvgIpc) is 3.09. The molecule has 2 aromatic carbocycles. The van der Waals surface area contributed by atoms with E-state index in [1.807, 2.05) is 0 Å². The number of rotatable bonds is 5. The summed E-state index contributed by atoms with van der Waals surface area (Å²) in [6, 6.07) is 10.6. The van der Waals surface area contributed by atoms with Crippen LogP contribution in [-0.2, 0) is 0 Å². The lowest BCUT2D eigenvalue weighted by atomic mass is 10.2. The van der Waals surface area contributed by atoms with Crippen LogP contribution in [0.15, 0.2) is 60.0 Å². The van der Waals surface area contributed by atoms with Crippen molar-refractivity contribution in [2.45, 2.75) is 6.36 Å². The lowest BCUT2D eigenvalue weighted by molar-refractivity contribution is -0.274. The van der Waals surface area contributed by atoms with E-state index in [1.165, 1.54) is 47.4 Å². The Morgan fingerprint density at radius 1 is 1.07 bits per heavy atom. The van der Waals surface area contributed by atoms with Gasteiger partial charge in [-0.05, 0) is 53.7 Å². The zero-order chi connectivity index (χ0) is 19.4. The molecule has 3 aromatic rings. The Morgan fingerprint density at radius 2 is 1.74 bits per heavy atom. The van der Waals surface area contributed by atoms with Crippen molar-refractivity contribution in [3.63, 3.8) is 0 Å². The van der Waals surface area contributed by atoms with E-state index in [9.17, 15) is 22.9 Å². The van der Waals surface area contributed by atoms with Gasteiger partial charge in [0.2, 0.25) is 5.95 Å². The number of aromatic nitrogens is 3. The molecule has 0 fully saturated rings. The quantitative estimate of drug-likeness (QED) is 0.682. The molecule has 138 valence electrons. The molecule has 0 aliphatic heterocycles. The smallest absolute Gasteiger partial charge is 0.406 e. The minimum atomic E-state index is -4.77. The van der Waals surface area contributed by atoms with Gasteiger partial charge in [-0.25, -0.2) is 4.68 Å². The SMILES string of the molecule is O=Nc1ccc(C(=O)Nc2ncn(-c3ccc(OC(F)(F)F)cc3)n2)cc1. The van der Waals surface area contributed by atoms with Gasteiger partial charge in [-0.2, -0.15) is 4.98 Å². The standard InChI is InChI=1S/C16H10F3N5O3/c17-16(18,19)27-13-7-5-12(6-8-13)24-9-20-15(22-24)21-14(25)10-1-3-11(23-26)4-2-10/h1-9H,(H,21,22,25). The maximum absolute atomic E-state index is 12.2. The number of carbonyl (C=O) groups excluding carboxylic acids is 1. The van der Waals surface area contributed by atoms with E-state index < -0.39 is 12.3 Å². The maximum atomic E-state index is 12.2. The number of ether oxygens (including phenoxy) is 1. The Labute approximate surface area is 149 Å². The van der Waals surface area contributed by atoms with Crippen molar-refractivity contribution >= 4 is 17.5 Å². The molecule has 0 radical (unpaired) electrons. The van der Waals surface area contributed by atoms with E-state index in [0.29, 0.717) is 5.69 Å². The highest BCUT2D eigenvalue weighted by atomic mass is 19.4. The number of hydrogen-bond acceptors (Lipinski definition) is 6. The lowest BCUT2D eigenvalue weighted by Crippen LogP contribution is -2.17. The van der Waals surface area contributed by atoms with Crippen LogP contribution in [0.2, 0.25) is 0 Å². The first kappa shape index (κ1) is 18.0. The molecule has 1 aromatic heterocycles. The van der Waals surface area contributed by atoms with Crippen LogP contribution >= 0.6 is 0 Å². The summed E-state index contributed by atoms with van der Waals surface area (Å²) in [6.45, 7) is 0. The molecule has 1 amide bonds. The minimum Gasteiger partial charge on any atom is -0.406 e. The second kappa shape index (κ2) is 7.23. The largest absolute Gasteiger partial charge is 0.573 e. The van der Waals surface area contributed by atoms with Crippen LogP contribution in [0.25, 0.3) is 5.69 Å². The van der Waals surface area contributed by atoms with Gasteiger partial charge in [0.1, 0.15) is 17.8 Å². The number of carbonyl (C=O) groups is 1. The summed E-state index contributed by atoms with van der Waals surface area (Å²) in [7, 11) is 0. The number of benzene rings is 2. The van der Waals surface area contributed by atoms with Gasteiger partial charge in [0.05, 0.1) is 5.69 Å². The second-order valence-corrected chi connectivity index (χ2v) is 5.15. The zero-order valence-corrected chi connectivity index (χ0v) is 13.3.